The Labute approximate surface area is 64.2 Å². The topological polar surface area (TPSA) is 56.0 Å². The lowest BCUT2D eigenvalue weighted by Crippen LogP contribution is -1.90. The summed E-state index contributed by atoms with van der Waals surface area (Å²) in [6.07, 6.45) is 3.60. The van der Waals surface area contributed by atoms with E-state index in [2.05, 4.69) is 16.8 Å². The standard InChI is InChI=1S/C8H6N2O/c9-8-6-10-4-3-7(8)2-1-5-11/h3-6H,9H2. The first-order valence-corrected chi connectivity index (χ1v) is 2.99. The average molecular weight is 146 g/mol. The Morgan fingerprint density at radius 1 is 1.64 bits per heavy atom. The van der Waals surface area contributed by atoms with Crippen LogP contribution in [0.3, 0.4) is 0 Å². The number of nitrogens with zero attached hydrogens (tertiary/aromatic N) is 1. The van der Waals surface area contributed by atoms with Crippen molar-refractivity contribution in [2.24, 2.45) is 0 Å². The summed E-state index contributed by atoms with van der Waals surface area (Å²) in [5.74, 6) is 4.85. The summed E-state index contributed by atoms with van der Waals surface area (Å²) in [6, 6.07) is 1.66. The fourth-order valence-corrected chi connectivity index (χ4v) is 0.628. The van der Waals surface area contributed by atoms with E-state index >= 15 is 0 Å². The maximum Gasteiger partial charge on any atom is 0.193 e. The van der Waals surface area contributed by atoms with Crippen molar-refractivity contribution in [3.05, 3.63) is 24.0 Å². The Hall–Kier alpha value is -1.82. The first-order chi connectivity index (χ1) is 5.34. The molecule has 0 aromatic carbocycles. The smallest absolute Gasteiger partial charge is 0.193 e. The quantitative estimate of drug-likeness (QED) is 0.420. The lowest BCUT2D eigenvalue weighted by atomic mass is 10.2. The molecule has 0 aliphatic heterocycles. The zero-order valence-corrected chi connectivity index (χ0v) is 5.74. The number of hydrogen-bond donors (Lipinski definition) is 1. The maximum atomic E-state index is 9.86. The van der Waals surface area contributed by atoms with Gasteiger partial charge in [0, 0.05) is 6.20 Å². The largest absolute Gasteiger partial charge is 0.396 e. The highest BCUT2D eigenvalue weighted by Crippen LogP contribution is 2.05. The molecule has 0 atom stereocenters. The molecule has 0 aliphatic carbocycles. The molecule has 0 fully saturated rings. The van der Waals surface area contributed by atoms with Crippen molar-refractivity contribution in [1.82, 2.24) is 4.98 Å². The van der Waals surface area contributed by atoms with Gasteiger partial charge in [-0.1, -0.05) is 5.92 Å². The summed E-state index contributed by atoms with van der Waals surface area (Å²) in [6.45, 7) is 0. The van der Waals surface area contributed by atoms with Gasteiger partial charge >= 0.3 is 0 Å². The molecule has 2 N–H and O–H groups in total. The summed E-state index contributed by atoms with van der Waals surface area (Å²) in [7, 11) is 0. The second-order valence-electron chi connectivity index (χ2n) is 1.85. The molecular weight excluding hydrogens is 140 g/mol. The maximum absolute atomic E-state index is 9.86. The van der Waals surface area contributed by atoms with E-state index in [4.69, 9.17) is 5.73 Å². The first-order valence-electron chi connectivity index (χ1n) is 2.99. The second-order valence-corrected chi connectivity index (χ2v) is 1.85. The Bertz CT molecular complexity index is 322. The molecule has 0 saturated heterocycles. The van der Waals surface area contributed by atoms with Gasteiger partial charge in [0.1, 0.15) is 0 Å². The predicted octanol–water partition coefficient (Wildman–Crippen LogP) is 0.214. The summed E-state index contributed by atoms with van der Waals surface area (Å²) < 4.78 is 0. The SMILES string of the molecule is Nc1cnccc1C#CC=O. The predicted molar refractivity (Wildman–Crippen MR) is 41.6 cm³/mol. The van der Waals surface area contributed by atoms with Gasteiger partial charge in [0.15, 0.2) is 6.29 Å². The highest BCUT2D eigenvalue weighted by Gasteiger charge is 1.90. The molecule has 1 rings (SSSR count). The molecule has 0 unspecified atom stereocenters. The van der Waals surface area contributed by atoms with Crippen LogP contribution >= 0.6 is 0 Å². The van der Waals surface area contributed by atoms with Crippen molar-refractivity contribution in [3.63, 3.8) is 0 Å². The van der Waals surface area contributed by atoms with Crippen molar-refractivity contribution in [3.8, 4) is 11.8 Å². The molecule has 0 amide bonds. The summed E-state index contributed by atoms with van der Waals surface area (Å²) in [5, 5.41) is 0. The minimum Gasteiger partial charge on any atom is -0.396 e. The Kier molecular flexibility index (Phi) is 2.24. The van der Waals surface area contributed by atoms with Crippen LogP contribution in [0.15, 0.2) is 18.5 Å². The van der Waals surface area contributed by atoms with E-state index in [1.54, 1.807) is 12.3 Å². The van der Waals surface area contributed by atoms with Gasteiger partial charge in [-0.3, -0.25) is 9.78 Å². The van der Waals surface area contributed by atoms with Crippen LogP contribution in [0.5, 0.6) is 0 Å². The Morgan fingerprint density at radius 3 is 3.09 bits per heavy atom. The van der Waals surface area contributed by atoms with Gasteiger partial charge in [-0.05, 0) is 12.0 Å². The number of rotatable bonds is 0. The molecule has 1 aromatic heterocycles. The van der Waals surface area contributed by atoms with E-state index in [-0.39, 0.29) is 0 Å². The van der Waals surface area contributed by atoms with Gasteiger partial charge < -0.3 is 5.73 Å². The number of aldehydes is 1. The fourth-order valence-electron chi connectivity index (χ4n) is 0.628. The van der Waals surface area contributed by atoms with Gasteiger partial charge in [0.25, 0.3) is 0 Å². The summed E-state index contributed by atoms with van der Waals surface area (Å²) >= 11 is 0. The molecule has 1 heterocycles. The van der Waals surface area contributed by atoms with Crippen molar-refractivity contribution >= 4 is 12.0 Å². The molecule has 0 aliphatic rings. The highest BCUT2D eigenvalue weighted by atomic mass is 16.1. The van der Waals surface area contributed by atoms with Gasteiger partial charge in [-0.15, -0.1) is 0 Å². The number of hydrogen-bond acceptors (Lipinski definition) is 3. The van der Waals surface area contributed by atoms with E-state index < -0.39 is 0 Å². The molecule has 3 nitrogen and oxygen atoms in total. The minimum atomic E-state index is 0.488. The number of aromatic nitrogens is 1. The third kappa shape index (κ3) is 1.80. The number of carbonyl (C=O) groups excluding carboxylic acids is 1. The molecular formula is C8H6N2O. The van der Waals surface area contributed by atoms with Gasteiger partial charge in [-0.25, -0.2) is 0 Å². The Balaban J connectivity index is 3.03. The average Bonchev–Trinajstić information content (AvgIpc) is 2.03. The van der Waals surface area contributed by atoms with E-state index in [1.807, 2.05) is 0 Å². The second kappa shape index (κ2) is 3.37. The van der Waals surface area contributed by atoms with Crippen LogP contribution in [0, 0.1) is 11.8 Å². The summed E-state index contributed by atoms with van der Waals surface area (Å²) in [4.78, 5) is 13.6. The fraction of sp³-hybridized carbons (Fsp3) is 0. The van der Waals surface area contributed by atoms with E-state index in [9.17, 15) is 4.79 Å². The lowest BCUT2D eigenvalue weighted by molar-refractivity contribution is -0.103. The van der Waals surface area contributed by atoms with Crippen LogP contribution in [0.2, 0.25) is 0 Å². The normalized spacial score (nSPS) is 8.00. The van der Waals surface area contributed by atoms with Crippen molar-refractivity contribution in [1.29, 1.82) is 0 Å². The molecule has 0 bridgehead atoms. The molecule has 1 aromatic rings. The van der Waals surface area contributed by atoms with Crippen LogP contribution in [-0.4, -0.2) is 11.3 Å². The van der Waals surface area contributed by atoms with Crippen molar-refractivity contribution in [2.45, 2.75) is 0 Å². The van der Waals surface area contributed by atoms with Crippen LogP contribution in [0.4, 0.5) is 5.69 Å². The van der Waals surface area contributed by atoms with Gasteiger partial charge in [0.05, 0.1) is 17.4 Å². The Morgan fingerprint density at radius 2 is 2.45 bits per heavy atom. The third-order valence-electron chi connectivity index (χ3n) is 1.12. The highest BCUT2D eigenvalue weighted by molar-refractivity contribution is 5.75. The number of anilines is 1. The molecule has 0 spiro atoms. The molecule has 54 valence electrons. The van der Waals surface area contributed by atoms with Crippen LogP contribution in [-0.2, 0) is 4.79 Å². The van der Waals surface area contributed by atoms with E-state index in [0.29, 0.717) is 17.5 Å². The molecule has 0 radical (unpaired) electrons. The van der Waals surface area contributed by atoms with E-state index in [0.717, 1.165) is 0 Å². The zero-order chi connectivity index (χ0) is 8.10. The van der Waals surface area contributed by atoms with Gasteiger partial charge in [-0.2, -0.15) is 0 Å². The number of nitrogen functional groups attached to an aromatic ring is 1. The van der Waals surface area contributed by atoms with Crippen LogP contribution in [0.25, 0.3) is 0 Å². The number of pyridine rings is 1. The van der Waals surface area contributed by atoms with Gasteiger partial charge in [0.2, 0.25) is 0 Å². The lowest BCUT2D eigenvalue weighted by Gasteiger charge is -1.92. The minimum absolute atomic E-state index is 0.488. The molecule has 11 heavy (non-hydrogen) atoms. The van der Waals surface area contributed by atoms with Crippen molar-refractivity contribution in [2.75, 3.05) is 5.73 Å². The monoisotopic (exact) mass is 146 g/mol. The molecule has 0 saturated carbocycles. The first kappa shape index (κ1) is 7.29. The zero-order valence-electron chi connectivity index (χ0n) is 5.74. The number of nitrogens with two attached hydrogens (primary N) is 1. The summed E-state index contributed by atoms with van der Waals surface area (Å²) in [5.41, 5.74) is 6.60. The van der Waals surface area contributed by atoms with E-state index in [1.165, 1.54) is 6.20 Å². The third-order valence-corrected chi connectivity index (χ3v) is 1.12. The van der Waals surface area contributed by atoms with Crippen LogP contribution in [0.1, 0.15) is 5.56 Å². The number of carbonyl (C=O) groups is 1. The van der Waals surface area contributed by atoms with Crippen molar-refractivity contribution < 1.29 is 4.79 Å². The molecule has 3 heteroatoms. The van der Waals surface area contributed by atoms with Crippen LogP contribution < -0.4 is 5.73 Å².